The molecule has 0 bridgehead atoms. The maximum absolute atomic E-state index is 12.8. The molecule has 1 aromatic carbocycles. The Balaban J connectivity index is 2.00. The third kappa shape index (κ3) is 5.45. The number of hydrogen-bond acceptors (Lipinski definition) is 3. The molecule has 1 aliphatic carbocycles. The molecule has 1 N–H and O–H groups in total. The molecule has 0 heterocycles. The normalized spacial score (nSPS) is 16.3. The van der Waals surface area contributed by atoms with Crippen molar-refractivity contribution in [3.05, 3.63) is 41.5 Å². The van der Waals surface area contributed by atoms with E-state index in [0.717, 1.165) is 24.0 Å². The second-order valence-electron chi connectivity index (χ2n) is 7.71. The lowest BCUT2D eigenvalue weighted by Crippen LogP contribution is -2.60. The van der Waals surface area contributed by atoms with Crippen molar-refractivity contribution in [1.29, 1.82) is 0 Å². The van der Waals surface area contributed by atoms with Crippen LogP contribution in [0.3, 0.4) is 0 Å². The largest absolute Gasteiger partial charge is 0.444 e. The zero-order valence-corrected chi connectivity index (χ0v) is 15.7. The van der Waals surface area contributed by atoms with E-state index in [0.29, 0.717) is 19.3 Å². The van der Waals surface area contributed by atoms with Crippen LogP contribution in [0.4, 0.5) is 4.79 Å². The monoisotopic (exact) mass is 343 g/mol. The van der Waals surface area contributed by atoms with Crippen LogP contribution in [-0.4, -0.2) is 23.0 Å². The second-order valence-corrected chi connectivity index (χ2v) is 7.71. The zero-order chi connectivity index (χ0) is 18.5. The van der Waals surface area contributed by atoms with Crippen molar-refractivity contribution in [3.63, 3.8) is 0 Å². The summed E-state index contributed by atoms with van der Waals surface area (Å²) in [6, 6.07) is 7.99. The molecule has 4 nitrogen and oxygen atoms in total. The van der Waals surface area contributed by atoms with E-state index < -0.39 is 17.2 Å². The summed E-state index contributed by atoms with van der Waals surface area (Å²) >= 11 is 0. The molecule has 1 amide bonds. The molecule has 0 spiro atoms. The van der Waals surface area contributed by atoms with Gasteiger partial charge in [-0.2, -0.15) is 0 Å². The minimum atomic E-state index is -0.761. The van der Waals surface area contributed by atoms with Gasteiger partial charge < -0.3 is 10.1 Å². The van der Waals surface area contributed by atoms with E-state index >= 15 is 0 Å². The number of hydrogen-bond donors (Lipinski definition) is 1. The number of allylic oxidation sites excluding steroid dienone is 1. The van der Waals surface area contributed by atoms with Gasteiger partial charge in [0.05, 0.1) is 0 Å². The standard InChI is InChI=1S/C21H29NO3/c1-5-6-8-16-9-11-17(12-10-16)15-18(23)21(13-7-14-21)22-19(24)25-20(2,3)4/h6,8-12H,5,7,13-15H2,1-4H3,(H,22,24)/b8-6+. The second kappa shape index (κ2) is 7.85. The van der Waals surface area contributed by atoms with E-state index in [-0.39, 0.29) is 5.78 Å². The number of Topliss-reactive ketones (excluding diaryl/α,β-unsaturated/α-hetero) is 1. The number of carbonyl (C=O) groups excluding carboxylic acids is 2. The van der Waals surface area contributed by atoms with Crippen LogP contribution in [0.1, 0.15) is 64.5 Å². The summed E-state index contributed by atoms with van der Waals surface area (Å²) < 4.78 is 5.31. The zero-order valence-electron chi connectivity index (χ0n) is 15.7. The van der Waals surface area contributed by atoms with E-state index in [1.807, 2.05) is 45.0 Å². The van der Waals surface area contributed by atoms with E-state index in [1.54, 1.807) is 0 Å². The van der Waals surface area contributed by atoms with Crippen molar-refractivity contribution >= 4 is 18.0 Å². The predicted molar refractivity (Wildman–Crippen MR) is 100 cm³/mol. The van der Waals surface area contributed by atoms with Crippen LogP contribution < -0.4 is 5.32 Å². The Hall–Kier alpha value is -2.10. The fourth-order valence-corrected chi connectivity index (χ4v) is 2.86. The summed E-state index contributed by atoms with van der Waals surface area (Å²) in [4.78, 5) is 24.9. The molecule has 25 heavy (non-hydrogen) atoms. The van der Waals surface area contributed by atoms with E-state index in [4.69, 9.17) is 4.74 Å². The van der Waals surface area contributed by atoms with Gasteiger partial charge in [-0.1, -0.05) is 43.3 Å². The Morgan fingerprint density at radius 3 is 2.32 bits per heavy atom. The number of rotatable bonds is 6. The molecule has 1 aliphatic rings. The van der Waals surface area contributed by atoms with Crippen LogP contribution in [0.2, 0.25) is 0 Å². The van der Waals surface area contributed by atoms with Crippen molar-refractivity contribution in [3.8, 4) is 0 Å². The molecule has 2 rings (SSSR count). The van der Waals surface area contributed by atoms with Crippen LogP contribution in [0, 0.1) is 0 Å². The molecule has 0 saturated heterocycles. The van der Waals surface area contributed by atoms with Crippen LogP contribution in [0.15, 0.2) is 30.3 Å². The summed E-state index contributed by atoms with van der Waals surface area (Å²) in [5, 5.41) is 2.82. The number of benzene rings is 1. The Morgan fingerprint density at radius 1 is 1.20 bits per heavy atom. The summed E-state index contributed by atoms with van der Waals surface area (Å²) in [5.74, 6) is 0.0569. The van der Waals surface area contributed by atoms with Crippen LogP contribution in [0.5, 0.6) is 0 Å². The number of alkyl carbamates (subject to hydrolysis) is 1. The minimum Gasteiger partial charge on any atom is -0.444 e. The van der Waals surface area contributed by atoms with Gasteiger partial charge in [-0.15, -0.1) is 0 Å². The molecule has 0 aromatic heterocycles. The van der Waals surface area contributed by atoms with Crippen molar-refractivity contribution in [1.82, 2.24) is 5.32 Å². The molecule has 0 unspecified atom stereocenters. The van der Waals surface area contributed by atoms with Crippen molar-refractivity contribution in [2.45, 2.75) is 70.9 Å². The molecule has 1 fully saturated rings. The maximum Gasteiger partial charge on any atom is 0.408 e. The average Bonchev–Trinajstić information content (AvgIpc) is 2.48. The predicted octanol–water partition coefficient (Wildman–Crippen LogP) is 4.67. The molecule has 1 saturated carbocycles. The van der Waals surface area contributed by atoms with Crippen LogP contribution in [0.25, 0.3) is 6.08 Å². The molecular weight excluding hydrogens is 314 g/mol. The lowest BCUT2D eigenvalue weighted by molar-refractivity contribution is -0.128. The third-order valence-corrected chi connectivity index (χ3v) is 4.37. The molecule has 0 aliphatic heterocycles. The van der Waals surface area contributed by atoms with Gasteiger partial charge >= 0.3 is 6.09 Å². The van der Waals surface area contributed by atoms with Crippen LogP contribution >= 0.6 is 0 Å². The molecule has 0 radical (unpaired) electrons. The SMILES string of the molecule is CC/C=C/c1ccc(CC(=O)C2(NC(=O)OC(C)(C)C)CCC2)cc1. The van der Waals surface area contributed by atoms with Gasteiger partial charge in [-0.3, -0.25) is 4.79 Å². The first-order valence-electron chi connectivity index (χ1n) is 9.04. The van der Waals surface area contributed by atoms with Gasteiger partial charge in [0.2, 0.25) is 0 Å². The van der Waals surface area contributed by atoms with Crippen molar-refractivity contribution in [2.75, 3.05) is 0 Å². The number of carbonyl (C=O) groups is 2. The third-order valence-electron chi connectivity index (χ3n) is 4.37. The Kier molecular flexibility index (Phi) is 6.04. The first kappa shape index (κ1) is 19.2. The van der Waals surface area contributed by atoms with Gasteiger partial charge in [0.25, 0.3) is 0 Å². The number of amides is 1. The number of ether oxygens (including phenoxy) is 1. The van der Waals surface area contributed by atoms with E-state index in [2.05, 4.69) is 24.4 Å². The molecular formula is C21H29NO3. The van der Waals surface area contributed by atoms with Gasteiger partial charge in [-0.25, -0.2) is 4.79 Å². The van der Waals surface area contributed by atoms with Gasteiger partial charge in [0.1, 0.15) is 11.1 Å². The first-order valence-corrected chi connectivity index (χ1v) is 9.04. The minimum absolute atomic E-state index is 0.0569. The van der Waals surface area contributed by atoms with E-state index in [1.165, 1.54) is 0 Å². The van der Waals surface area contributed by atoms with Crippen molar-refractivity contribution in [2.24, 2.45) is 0 Å². The summed E-state index contributed by atoms with van der Waals surface area (Å²) in [5.41, 5.74) is 0.766. The maximum atomic E-state index is 12.8. The molecule has 136 valence electrons. The fraction of sp³-hybridized carbons (Fsp3) is 0.524. The highest BCUT2D eigenvalue weighted by Crippen LogP contribution is 2.34. The van der Waals surface area contributed by atoms with Gasteiger partial charge in [0.15, 0.2) is 5.78 Å². The summed E-state index contributed by atoms with van der Waals surface area (Å²) in [6.07, 6.45) is 7.30. The lowest BCUT2D eigenvalue weighted by Gasteiger charge is -2.41. The number of nitrogens with one attached hydrogen (secondary N) is 1. The smallest absolute Gasteiger partial charge is 0.408 e. The van der Waals surface area contributed by atoms with Crippen LogP contribution in [-0.2, 0) is 16.0 Å². The summed E-state index contributed by atoms with van der Waals surface area (Å²) in [7, 11) is 0. The Labute approximate surface area is 150 Å². The Morgan fingerprint density at radius 2 is 1.84 bits per heavy atom. The Bertz CT molecular complexity index is 634. The first-order chi connectivity index (χ1) is 11.7. The molecule has 0 atom stereocenters. The highest BCUT2D eigenvalue weighted by Gasteiger charge is 2.45. The van der Waals surface area contributed by atoms with Gasteiger partial charge in [0, 0.05) is 6.42 Å². The lowest BCUT2D eigenvalue weighted by atomic mass is 9.72. The van der Waals surface area contributed by atoms with Gasteiger partial charge in [-0.05, 0) is 57.6 Å². The molecule has 4 heteroatoms. The number of ketones is 1. The van der Waals surface area contributed by atoms with E-state index in [9.17, 15) is 9.59 Å². The topological polar surface area (TPSA) is 55.4 Å². The highest BCUT2D eigenvalue weighted by molar-refractivity contribution is 5.94. The van der Waals surface area contributed by atoms with Crippen molar-refractivity contribution < 1.29 is 14.3 Å². The highest BCUT2D eigenvalue weighted by atomic mass is 16.6. The summed E-state index contributed by atoms with van der Waals surface area (Å²) in [6.45, 7) is 7.54. The molecule has 1 aromatic rings. The quantitative estimate of drug-likeness (QED) is 0.816. The fourth-order valence-electron chi connectivity index (χ4n) is 2.86. The average molecular weight is 343 g/mol.